The molecule has 2 bridgehead atoms. The van der Waals surface area contributed by atoms with Crippen molar-refractivity contribution in [3.8, 4) is 0 Å². The Bertz CT molecular complexity index is 561. The van der Waals surface area contributed by atoms with Crippen LogP contribution in [0.1, 0.15) is 30.4 Å². The molecule has 108 valence electrons. The lowest BCUT2D eigenvalue weighted by atomic mass is 9.93. The van der Waals surface area contributed by atoms with Crippen LogP contribution in [-0.4, -0.2) is 24.0 Å². The van der Waals surface area contributed by atoms with Crippen LogP contribution < -0.4 is 0 Å². The highest BCUT2D eigenvalue weighted by Crippen LogP contribution is 2.40. The second-order valence-electron chi connectivity index (χ2n) is 5.52. The predicted molar refractivity (Wildman–Crippen MR) is 68.6 cm³/mol. The van der Waals surface area contributed by atoms with Gasteiger partial charge in [0.2, 0.25) is 0 Å². The molecule has 0 aliphatic carbocycles. The fourth-order valence-corrected chi connectivity index (χ4v) is 3.24. The Morgan fingerprint density at radius 1 is 1.20 bits per heavy atom. The molecule has 1 saturated heterocycles. The molecule has 0 radical (unpaired) electrons. The van der Waals surface area contributed by atoms with Crippen molar-refractivity contribution in [2.24, 2.45) is 0 Å². The monoisotopic (exact) mass is 285 g/mol. The van der Waals surface area contributed by atoms with Crippen molar-refractivity contribution >= 4 is 5.57 Å². The summed E-state index contributed by atoms with van der Waals surface area (Å²) in [7, 11) is 2.01. The Hall–Kier alpha value is -1.36. The Morgan fingerprint density at radius 3 is 2.60 bits per heavy atom. The number of hydrogen-bond donors (Lipinski definition) is 0. The molecule has 1 fully saturated rings. The van der Waals surface area contributed by atoms with E-state index in [2.05, 4.69) is 4.90 Å². The average molecular weight is 285 g/mol. The van der Waals surface area contributed by atoms with Crippen molar-refractivity contribution < 1.29 is 17.6 Å². The normalized spacial score (nSPS) is 26.8. The van der Waals surface area contributed by atoms with E-state index < -0.39 is 17.6 Å². The summed E-state index contributed by atoms with van der Waals surface area (Å²) in [6.45, 7) is 0. The molecular weight excluding hydrogens is 270 g/mol. The van der Waals surface area contributed by atoms with Gasteiger partial charge in [-0.2, -0.15) is 13.2 Å². The topological polar surface area (TPSA) is 3.24 Å². The Labute approximate surface area is 114 Å². The van der Waals surface area contributed by atoms with Crippen molar-refractivity contribution in [3.63, 3.8) is 0 Å². The number of halogens is 4. The molecule has 2 unspecified atom stereocenters. The second kappa shape index (κ2) is 4.58. The highest BCUT2D eigenvalue weighted by atomic mass is 19.4. The maximum atomic E-state index is 14.2. The smallest absolute Gasteiger partial charge is 0.297 e. The van der Waals surface area contributed by atoms with Crippen molar-refractivity contribution in [3.05, 3.63) is 41.2 Å². The maximum Gasteiger partial charge on any atom is 0.419 e. The van der Waals surface area contributed by atoms with E-state index in [0.29, 0.717) is 18.0 Å². The highest BCUT2D eigenvalue weighted by molar-refractivity contribution is 5.69. The lowest BCUT2D eigenvalue weighted by molar-refractivity contribution is -0.140. The lowest BCUT2D eigenvalue weighted by Gasteiger charge is -2.30. The molecule has 0 amide bonds. The molecule has 2 aliphatic heterocycles. The Morgan fingerprint density at radius 2 is 1.95 bits per heavy atom. The summed E-state index contributed by atoms with van der Waals surface area (Å²) in [4.78, 5) is 2.22. The van der Waals surface area contributed by atoms with Gasteiger partial charge >= 0.3 is 6.18 Å². The van der Waals surface area contributed by atoms with Crippen LogP contribution in [-0.2, 0) is 6.18 Å². The van der Waals surface area contributed by atoms with Gasteiger partial charge in [-0.05, 0) is 37.9 Å². The van der Waals surface area contributed by atoms with Crippen LogP contribution in [0, 0.1) is 5.82 Å². The first-order valence-electron chi connectivity index (χ1n) is 6.66. The molecule has 20 heavy (non-hydrogen) atoms. The van der Waals surface area contributed by atoms with Crippen molar-refractivity contribution in [2.45, 2.75) is 37.5 Å². The van der Waals surface area contributed by atoms with Crippen LogP contribution >= 0.6 is 0 Å². The summed E-state index contributed by atoms with van der Waals surface area (Å²) in [5.41, 5.74) is -0.369. The first-order chi connectivity index (χ1) is 9.38. The van der Waals surface area contributed by atoms with Crippen LogP contribution in [0.25, 0.3) is 5.57 Å². The molecule has 1 nitrogen and oxygen atoms in total. The fourth-order valence-electron chi connectivity index (χ4n) is 3.24. The van der Waals surface area contributed by atoms with Gasteiger partial charge in [0.15, 0.2) is 0 Å². The number of fused-ring (bicyclic) bond motifs is 2. The van der Waals surface area contributed by atoms with E-state index >= 15 is 0 Å². The molecule has 0 aromatic heterocycles. The van der Waals surface area contributed by atoms with Crippen LogP contribution in [0.3, 0.4) is 0 Å². The van der Waals surface area contributed by atoms with E-state index in [4.69, 9.17) is 0 Å². The van der Waals surface area contributed by atoms with Crippen LogP contribution in [0.5, 0.6) is 0 Å². The molecule has 5 heteroatoms. The maximum absolute atomic E-state index is 14.2. The minimum atomic E-state index is -4.65. The summed E-state index contributed by atoms with van der Waals surface area (Å²) in [5.74, 6) is -1.14. The molecule has 3 rings (SSSR count). The van der Waals surface area contributed by atoms with Crippen molar-refractivity contribution in [1.29, 1.82) is 0 Å². The number of benzene rings is 1. The van der Waals surface area contributed by atoms with Gasteiger partial charge in [0.05, 0.1) is 5.56 Å². The highest BCUT2D eigenvalue weighted by Gasteiger charge is 2.38. The number of rotatable bonds is 1. The van der Waals surface area contributed by atoms with E-state index in [1.165, 1.54) is 12.1 Å². The summed E-state index contributed by atoms with van der Waals surface area (Å²) in [6, 6.07) is 4.05. The molecule has 0 saturated carbocycles. The second-order valence-corrected chi connectivity index (χ2v) is 5.52. The lowest BCUT2D eigenvalue weighted by Crippen LogP contribution is -2.34. The minimum Gasteiger partial charge on any atom is -0.297 e. The largest absolute Gasteiger partial charge is 0.419 e. The molecule has 2 aliphatic rings. The van der Waals surface area contributed by atoms with Crippen molar-refractivity contribution in [1.82, 2.24) is 4.90 Å². The molecule has 1 aromatic carbocycles. The quantitative estimate of drug-likeness (QED) is 0.702. The first kappa shape index (κ1) is 13.6. The van der Waals surface area contributed by atoms with Crippen molar-refractivity contribution in [2.75, 3.05) is 7.05 Å². The van der Waals surface area contributed by atoms with Crippen LogP contribution in [0.2, 0.25) is 0 Å². The number of likely N-dealkylation sites (N-methyl/N-ethyl adjacent to an activating group) is 1. The minimum absolute atomic E-state index is 0.102. The van der Waals surface area contributed by atoms with E-state index in [0.717, 1.165) is 18.9 Å². The van der Waals surface area contributed by atoms with Gasteiger partial charge in [-0.25, -0.2) is 4.39 Å². The zero-order valence-electron chi connectivity index (χ0n) is 11.0. The number of hydrogen-bond acceptors (Lipinski definition) is 1. The van der Waals surface area contributed by atoms with Gasteiger partial charge in [-0.3, -0.25) is 4.90 Å². The Kier molecular flexibility index (Phi) is 3.12. The predicted octanol–water partition coefficient (Wildman–Crippen LogP) is 4.09. The number of nitrogens with zero attached hydrogens (tertiary/aromatic N) is 1. The SMILES string of the molecule is CN1C2C=C(c3cccc(C(F)(F)F)c3F)CC1CC2. The van der Waals surface area contributed by atoms with Gasteiger partial charge in [0.25, 0.3) is 0 Å². The van der Waals surface area contributed by atoms with Gasteiger partial charge < -0.3 is 0 Å². The van der Waals surface area contributed by atoms with E-state index in [9.17, 15) is 17.6 Å². The molecule has 0 N–H and O–H groups in total. The molecule has 2 atom stereocenters. The van der Waals surface area contributed by atoms with Gasteiger partial charge in [-0.1, -0.05) is 18.2 Å². The summed E-state index contributed by atoms with van der Waals surface area (Å²) >= 11 is 0. The first-order valence-corrected chi connectivity index (χ1v) is 6.66. The zero-order valence-corrected chi connectivity index (χ0v) is 11.0. The fraction of sp³-hybridized carbons (Fsp3) is 0.467. The summed E-state index contributed by atoms with van der Waals surface area (Å²) in [6.07, 6.45) is -0.106. The third-order valence-electron chi connectivity index (χ3n) is 4.39. The third-order valence-corrected chi connectivity index (χ3v) is 4.39. The Balaban J connectivity index is 2.02. The van der Waals surface area contributed by atoms with Crippen LogP contribution in [0.15, 0.2) is 24.3 Å². The van der Waals surface area contributed by atoms with Gasteiger partial charge in [0, 0.05) is 17.6 Å². The summed E-state index contributed by atoms with van der Waals surface area (Å²) < 4.78 is 52.4. The molecule has 2 heterocycles. The van der Waals surface area contributed by atoms with Gasteiger partial charge in [0.1, 0.15) is 5.82 Å². The zero-order chi connectivity index (χ0) is 14.5. The van der Waals surface area contributed by atoms with E-state index in [1.807, 2.05) is 13.1 Å². The molecule has 1 aromatic rings. The van der Waals surface area contributed by atoms with E-state index in [-0.39, 0.29) is 11.6 Å². The van der Waals surface area contributed by atoms with Gasteiger partial charge in [-0.15, -0.1) is 0 Å². The number of alkyl halides is 3. The van der Waals surface area contributed by atoms with E-state index in [1.54, 1.807) is 0 Å². The molecule has 0 spiro atoms. The standard InChI is InChI=1S/C15H15F4N/c1-20-10-5-6-11(20)8-9(7-10)12-3-2-4-13(14(12)16)15(17,18)19/h2-4,7,10-11H,5-6,8H2,1H3. The summed E-state index contributed by atoms with van der Waals surface area (Å²) in [5, 5.41) is 0. The third kappa shape index (κ3) is 2.14. The molecular formula is C15H15F4N. The van der Waals surface area contributed by atoms with Crippen LogP contribution in [0.4, 0.5) is 17.6 Å². The average Bonchev–Trinajstić information content (AvgIpc) is 2.61.